The number of thiophene rings is 1. The van der Waals surface area contributed by atoms with Crippen LogP contribution in [-0.4, -0.2) is 11.9 Å². The summed E-state index contributed by atoms with van der Waals surface area (Å²) in [5, 5.41) is 3.04. The largest absolute Gasteiger partial charge is 0.349 e. The summed E-state index contributed by atoms with van der Waals surface area (Å²) in [4.78, 5) is 13.8. The first-order valence-electron chi connectivity index (χ1n) is 6.00. The molecule has 2 nitrogen and oxygen atoms in total. The summed E-state index contributed by atoms with van der Waals surface area (Å²) in [6.07, 6.45) is 4.74. The minimum Gasteiger partial charge on any atom is -0.349 e. The fraction of sp³-hybridized carbons (Fsp3) is 0.615. The predicted molar refractivity (Wildman–Crippen MR) is 70.1 cm³/mol. The number of nitrogens with one attached hydrogen (secondary N) is 1. The molecule has 1 unspecified atom stereocenters. The Labute approximate surface area is 102 Å². The van der Waals surface area contributed by atoms with E-state index in [9.17, 15) is 4.79 Å². The van der Waals surface area contributed by atoms with Crippen LogP contribution < -0.4 is 5.32 Å². The van der Waals surface area contributed by atoms with Crippen molar-refractivity contribution in [3.8, 4) is 0 Å². The number of unbranched alkanes of at least 4 members (excludes halogenated alkanes) is 2. The SMILES string of the molecule is CCCCCC(C)NC(=O)c1ccc(C)s1. The highest BCUT2D eigenvalue weighted by molar-refractivity contribution is 7.13. The lowest BCUT2D eigenvalue weighted by atomic mass is 10.1. The zero-order chi connectivity index (χ0) is 12.0. The van der Waals surface area contributed by atoms with Gasteiger partial charge in [-0.1, -0.05) is 26.2 Å². The number of rotatable bonds is 6. The molecule has 1 amide bonds. The molecule has 1 atom stereocenters. The average Bonchev–Trinajstić information content (AvgIpc) is 2.65. The molecule has 0 aromatic carbocycles. The van der Waals surface area contributed by atoms with Crippen molar-refractivity contribution < 1.29 is 4.79 Å². The molecule has 0 bridgehead atoms. The number of carbonyl (C=O) groups excluding carboxylic acids is 1. The highest BCUT2D eigenvalue weighted by Crippen LogP contribution is 2.15. The van der Waals surface area contributed by atoms with Gasteiger partial charge in [-0.05, 0) is 32.4 Å². The smallest absolute Gasteiger partial charge is 0.261 e. The Kier molecular flexibility index (Phi) is 5.53. The van der Waals surface area contributed by atoms with Crippen LogP contribution in [0.25, 0.3) is 0 Å². The molecule has 16 heavy (non-hydrogen) atoms. The van der Waals surface area contributed by atoms with Crippen molar-refractivity contribution >= 4 is 17.2 Å². The van der Waals surface area contributed by atoms with Crippen molar-refractivity contribution in [2.24, 2.45) is 0 Å². The lowest BCUT2D eigenvalue weighted by Gasteiger charge is -2.12. The molecule has 90 valence electrons. The molecule has 0 saturated carbocycles. The van der Waals surface area contributed by atoms with Crippen LogP contribution >= 0.6 is 11.3 Å². The van der Waals surface area contributed by atoms with Gasteiger partial charge in [-0.2, -0.15) is 0 Å². The third-order valence-corrected chi connectivity index (χ3v) is 3.58. The first-order valence-corrected chi connectivity index (χ1v) is 6.82. The highest BCUT2D eigenvalue weighted by atomic mass is 32.1. The minimum atomic E-state index is 0.0714. The topological polar surface area (TPSA) is 29.1 Å². The van der Waals surface area contributed by atoms with Gasteiger partial charge in [0.25, 0.3) is 5.91 Å². The van der Waals surface area contributed by atoms with E-state index in [1.807, 2.05) is 19.1 Å². The van der Waals surface area contributed by atoms with Crippen LogP contribution in [0.15, 0.2) is 12.1 Å². The number of amides is 1. The summed E-state index contributed by atoms with van der Waals surface area (Å²) >= 11 is 1.55. The molecule has 0 aliphatic rings. The molecule has 0 aliphatic heterocycles. The molecule has 1 aromatic rings. The molecule has 0 saturated heterocycles. The standard InChI is InChI=1S/C13H21NOS/c1-4-5-6-7-10(2)14-13(15)12-9-8-11(3)16-12/h8-10H,4-7H2,1-3H3,(H,14,15). The second kappa shape index (κ2) is 6.69. The van der Waals surface area contributed by atoms with Crippen molar-refractivity contribution in [1.29, 1.82) is 0 Å². The normalized spacial score (nSPS) is 12.4. The maximum atomic E-state index is 11.8. The van der Waals surface area contributed by atoms with Crippen molar-refractivity contribution in [2.45, 2.75) is 52.5 Å². The predicted octanol–water partition coefficient (Wildman–Crippen LogP) is 3.76. The van der Waals surface area contributed by atoms with E-state index in [0.29, 0.717) is 0 Å². The number of carbonyl (C=O) groups is 1. The van der Waals surface area contributed by atoms with Gasteiger partial charge in [0.1, 0.15) is 0 Å². The van der Waals surface area contributed by atoms with Gasteiger partial charge >= 0.3 is 0 Å². The molecule has 1 N–H and O–H groups in total. The Morgan fingerprint density at radius 2 is 2.19 bits per heavy atom. The van der Waals surface area contributed by atoms with Crippen LogP contribution in [0, 0.1) is 6.92 Å². The van der Waals surface area contributed by atoms with Gasteiger partial charge in [0.15, 0.2) is 0 Å². The fourth-order valence-electron chi connectivity index (χ4n) is 1.62. The van der Waals surface area contributed by atoms with Gasteiger partial charge in [-0.25, -0.2) is 0 Å². The van der Waals surface area contributed by atoms with Gasteiger partial charge in [0.2, 0.25) is 0 Å². The lowest BCUT2D eigenvalue weighted by Crippen LogP contribution is -2.31. The first kappa shape index (κ1) is 13.2. The second-order valence-electron chi connectivity index (χ2n) is 4.28. The third kappa shape index (κ3) is 4.35. The molecule has 0 fully saturated rings. The molecular weight excluding hydrogens is 218 g/mol. The van der Waals surface area contributed by atoms with E-state index < -0.39 is 0 Å². The number of aryl methyl sites for hydroxylation is 1. The van der Waals surface area contributed by atoms with Crippen LogP contribution in [0.3, 0.4) is 0 Å². The minimum absolute atomic E-state index is 0.0714. The summed E-state index contributed by atoms with van der Waals surface area (Å²) < 4.78 is 0. The quantitative estimate of drug-likeness (QED) is 0.752. The Morgan fingerprint density at radius 1 is 1.44 bits per heavy atom. The van der Waals surface area contributed by atoms with Crippen LogP contribution in [0.2, 0.25) is 0 Å². The van der Waals surface area contributed by atoms with Crippen molar-refractivity contribution in [2.75, 3.05) is 0 Å². The van der Waals surface area contributed by atoms with Crippen LogP contribution in [0.1, 0.15) is 54.1 Å². The molecule has 0 radical (unpaired) electrons. The van der Waals surface area contributed by atoms with Crippen LogP contribution in [0.5, 0.6) is 0 Å². The van der Waals surface area contributed by atoms with Crippen molar-refractivity contribution in [3.05, 3.63) is 21.9 Å². The Balaban J connectivity index is 2.33. The van der Waals surface area contributed by atoms with Gasteiger partial charge in [0.05, 0.1) is 4.88 Å². The molecular formula is C13H21NOS. The second-order valence-corrected chi connectivity index (χ2v) is 5.57. The van der Waals surface area contributed by atoms with E-state index in [1.54, 1.807) is 11.3 Å². The molecule has 0 aliphatic carbocycles. The first-order chi connectivity index (χ1) is 7.63. The van der Waals surface area contributed by atoms with Crippen LogP contribution in [-0.2, 0) is 0 Å². The maximum absolute atomic E-state index is 11.8. The highest BCUT2D eigenvalue weighted by Gasteiger charge is 2.10. The Bertz CT molecular complexity index is 332. The summed E-state index contributed by atoms with van der Waals surface area (Å²) in [5.41, 5.74) is 0. The van der Waals surface area contributed by atoms with E-state index in [4.69, 9.17) is 0 Å². The monoisotopic (exact) mass is 239 g/mol. The average molecular weight is 239 g/mol. The molecule has 3 heteroatoms. The van der Waals surface area contributed by atoms with Crippen molar-refractivity contribution in [1.82, 2.24) is 5.32 Å². The summed E-state index contributed by atoms with van der Waals surface area (Å²) in [6.45, 7) is 6.29. The zero-order valence-corrected chi connectivity index (χ0v) is 11.2. The molecule has 0 spiro atoms. The summed E-state index contributed by atoms with van der Waals surface area (Å²) in [7, 11) is 0. The van der Waals surface area contributed by atoms with Gasteiger partial charge in [-0.15, -0.1) is 11.3 Å². The Hall–Kier alpha value is -0.830. The molecule has 1 rings (SSSR count). The summed E-state index contributed by atoms with van der Waals surface area (Å²) in [5.74, 6) is 0.0714. The lowest BCUT2D eigenvalue weighted by molar-refractivity contribution is 0.0942. The summed E-state index contributed by atoms with van der Waals surface area (Å²) in [6, 6.07) is 4.16. The molecule has 1 heterocycles. The Morgan fingerprint density at radius 3 is 2.75 bits per heavy atom. The zero-order valence-electron chi connectivity index (χ0n) is 10.4. The van der Waals surface area contributed by atoms with E-state index >= 15 is 0 Å². The maximum Gasteiger partial charge on any atom is 0.261 e. The van der Waals surface area contributed by atoms with E-state index in [1.165, 1.54) is 24.1 Å². The van der Waals surface area contributed by atoms with Gasteiger partial charge in [0, 0.05) is 10.9 Å². The van der Waals surface area contributed by atoms with Crippen molar-refractivity contribution in [3.63, 3.8) is 0 Å². The van der Waals surface area contributed by atoms with E-state index in [-0.39, 0.29) is 11.9 Å². The number of hydrogen-bond donors (Lipinski definition) is 1. The van der Waals surface area contributed by atoms with Gasteiger partial charge < -0.3 is 5.32 Å². The fourth-order valence-corrected chi connectivity index (χ4v) is 2.39. The van der Waals surface area contributed by atoms with Crippen LogP contribution in [0.4, 0.5) is 0 Å². The number of hydrogen-bond acceptors (Lipinski definition) is 2. The van der Waals surface area contributed by atoms with E-state index in [2.05, 4.69) is 19.2 Å². The van der Waals surface area contributed by atoms with Gasteiger partial charge in [-0.3, -0.25) is 4.79 Å². The molecule has 1 aromatic heterocycles. The third-order valence-electron chi connectivity index (χ3n) is 2.58. The van der Waals surface area contributed by atoms with E-state index in [0.717, 1.165) is 11.3 Å².